The normalized spacial score (nSPS) is 12.5. The molecule has 2 aromatic carbocycles. The fourth-order valence-electron chi connectivity index (χ4n) is 2.35. The number of rotatable bonds is 6. The Morgan fingerprint density at radius 2 is 1.67 bits per heavy atom. The number of ether oxygens (including phenoxy) is 1. The number of hydrogen-bond donors (Lipinski definition) is 1. The molecule has 1 amide bonds. The molecule has 0 aliphatic heterocycles. The van der Waals surface area contributed by atoms with Crippen LogP contribution in [-0.2, 0) is 9.84 Å². The van der Waals surface area contributed by atoms with Crippen molar-refractivity contribution >= 4 is 15.7 Å². The molecule has 0 fully saturated rings. The highest BCUT2D eigenvalue weighted by Gasteiger charge is 2.15. The molecular formula is C18H21NO4S. The third-order valence-corrected chi connectivity index (χ3v) is 4.90. The molecular weight excluding hydrogens is 326 g/mol. The van der Waals surface area contributed by atoms with Crippen LogP contribution in [0.15, 0.2) is 53.4 Å². The molecule has 5 nitrogen and oxygen atoms in total. The smallest absolute Gasteiger partial charge is 0.251 e. The molecule has 1 N–H and O–H groups in total. The Labute approximate surface area is 142 Å². The van der Waals surface area contributed by atoms with E-state index >= 15 is 0 Å². The molecule has 0 aliphatic carbocycles. The Morgan fingerprint density at radius 1 is 1.08 bits per heavy atom. The predicted molar refractivity (Wildman–Crippen MR) is 93.0 cm³/mol. The van der Waals surface area contributed by atoms with Gasteiger partial charge < -0.3 is 10.1 Å². The van der Waals surface area contributed by atoms with Crippen molar-refractivity contribution in [3.63, 3.8) is 0 Å². The van der Waals surface area contributed by atoms with Crippen LogP contribution in [0.2, 0.25) is 0 Å². The first-order valence-electron chi connectivity index (χ1n) is 7.60. The maximum atomic E-state index is 12.4. The fourth-order valence-corrected chi connectivity index (χ4v) is 2.98. The van der Waals surface area contributed by atoms with Crippen LogP contribution in [0, 0.1) is 0 Å². The highest BCUT2D eigenvalue weighted by Crippen LogP contribution is 2.20. The second-order valence-electron chi connectivity index (χ2n) is 5.50. The van der Waals surface area contributed by atoms with E-state index in [2.05, 4.69) is 5.32 Å². The third kappa shape index (κ3) is 4.35. The summed E-state index contributed by atoms with van der Waals surface area (Å²) < 4.78 is 28.1. The molecule has 1 atom stereocenters. The topological polar surface area (TPSA) is 72.5 Å². The van der Waals surface area contributed by atoms with E-state index in [4.69, 9.17) is 4.74 Å². The lowest BCUT2D eigenvalue weighted by atomic mass is 10.0. The van der Waals surface area contributed by atoms with Gasteiger partial charge in [0.25, 0.3) is 5.91 Å². The summed E-state index contributed by atoms with van der Waals surface area (Å²) in [5.74, 6) is 0.506. The third-order valence-electron chi connectivity index (χ3n) is 3.78. The van der Waals surface area contributed by atoms with Crippen LogP contribution >= 0.6 is 0 Å². The average molecular weight is 347 g/mol. The monoisotopic (exact) mass is 347 g/mol. The highest BCUT2D eigenvalue weighted by atomic mass is 32.2. The molecule has 0 radical (unpaired) electrons. The Hall–Kier alpha value is -2.34. The van der Waals surface area contributed by atoms with E-state index in [0.717, 1.165) is 5.56 Å². The molecule has 24 heavy (non-hydrogen) atoms. The molecule has 0 spiro atoms. The molecule has 6 heteroatoms. The minimum absolute atomic E-state index is 0.184. The first-order valence-corrected chi connectivity index (χ1v) is 9.49. The molecule has 0 saturated carbocycles. The van der Waals surface area contributed by atoms with Crippen LogP contribution in [-0.4, -0.2) is 27.7 Å². The first kappa shape index (κ1) is 18.0. The fraction of sp³-hybridized carbons (Fsp3) is 0.278. The van der Waals surface area contributed by atoms with Crippen molar-refractivity contribution in [1.29, 1.82) is 0 Å². The molecule has 0 saturated heterocycles. The number of nitrogens with one attached hydrogen (secondary N) is 1. The summed E-state index contributed by atoms with van der Waals surface area (Å²) in [7, 11) is -1.65. The van der Waals surface area contributed by atoms with E-state index in [9.17, 15) is 13.2 Å². The summed E-state index contributed by atoms with van der Waals surface area (Å²) in [6.45, 7) is 1.96. The van der Waals surface area contributed by atoms with Crippen molar-refractivity contribution in [2.24, 2.45) is 0 Å². The van der Waals surface area contributed by atoms with Gasteiger partial charge in [-0.3, -0.25) is 4.79 Å². The number of benzene rings is 2. The zero-order valence-corrected chi connectivity index (χ0v) is 14.8. The van der Waals surface area contributed by atoms with E-state index in [1.54, 1.807) is 55.6 Å². The van der Waals surface area contributed by atoms with Gasteiger partial charge in [0.05, 0.1) is 18.0 Å². The van der Waals surface area contributed by atoms with Gasteiger partial charge in [0, 0.05) is 11.8 Å². The molecule has 0 bridgehead atoms. The summed E-state index contributed by atoms with van der Waals surface area (Å²) >= 11 is 0. The van der Waals surface area contributed by atoms with Crippen molar-refractivity contribution < 1.29 is 17.9 Å². The maximum absolute atomic E-state index is 12.4. The van der Waals surface area contributed by atoms with E-state index in [-0.39, 0.29) is 16.8 Å². The van der Waals surface area contributed by atoms with Crippen LogP contribution < -0.4 is 10.1 Å². The number of carbonyl (C=O) groups excluding carboxylic acids is 1. The van der Waals surface area contributed by atoms with Gasteiger partial charge in [0.15, 0.2) is 9.84 Å². The summed E-state index contributed by atoms with van der Waals surface area (Å²) in [5, 5.41) is 2.97. The minimum Gasteiger partial charge on any atom is -0.497 e. The lowest BCUT2D eigenvalue weighted by Crippen LogP contribution is -2.28. The summed E-state index contributed by atoms with van der Waals surface area (Å²) in [6.07, 6.45) is 1.87. The summed E-state index contributed by atoms with van der Waals surface area (Å²) in [6, 6.07) is 13.3. The van der Waals surface area contributed by atoms with Gasteiger partial charge in [0.2, 0.25) is 0 Å². The van der Waals surface area contributed by atoms with E-state index < -0.39 is 9.84 Å². The van der Waals surface area contributed by atoms with Gasteiger partial charge in [-0.05, 0) is 48.4 Å². The van der Waals surface area contributed by atoms with Crippen LogP contribution in [0.1, 0.15) is 35.3 Å². The van der Waals surface area contributed by atoms with Gasteiger partial charge >= 0.3 is 0 Å². The quantitative estimate of drug-likeness (QED) is 0.872. The summed E-state index contributed by atoms with van der Waals surface area (Å²) in [4.78, 5) is 12.6. The summed E-state index contributed by atoms with van der Waals surface area (Å²) in [5.41, 5.74) is 1.41. The number of sulfone groups is 1. The van der Waals surface area contributed by atoms with Crippen LogP contribution in [0.25, 0.3) is 0 Å². The maximum Gasteiger partial charge on any atom is 0.251 e. The molecule has 0 unspecified atom stereocenters. The van der Waals surface area contributed by atoms with Crippen molar-refractivity contribution in [2.75, 3.05) is 13.4 Å². The average Bonchev–Trinajstić information content (AvgIpc) is 2.59. The van der Waals surface area contributed by atoms with E-state index in [1.807, 2.05) is 6.92 Å². The zero-order chi connectivity index (χ0) is 17.7. The second-order valence-corrected chi connectivity index (χ2v) is 7.52. The highest BCUT2D eigenvalue weighted by molar-refractivity contribution is 7.90. The van der Waals surface area contributed by atoms with Crippen molar-refractivity contribution in [3.05, 3.63) is 59.7 Å². The van der Waals surface area contributed by atoms with Crippen molar-refractivity contribution in [3.8, 4) is 5.75 Å². The molecule has 0 aromatic heterocycles. The molecule has 0 heterocycles. The molecule has 2 aromatic rings. The van der Waals surface area contributed by atoms with Gasteiger partial charge in [-0.25, -0.2) is 8.42 Å². The number of methoxy groups -OCH3 is 1. The first-order chi connectivity index (χ1) is 11.3. The molecule has 2 rings (SSSR count). The Morgan fingerprint density at radius 3 is 2.12 bits per heavy atom. The molecule has 128 valence electrons. The van der Waals surface area contributed by atoms with Gasteiger partial charge in [0.1, 0.15) is 5.75 Å². The Balaban J connectivity index is 2.14. The SMILES string of the molecule is CC[C@H](NC(=O)c1ccc(OC)cc1)c1ccc(S(C)(=O)=O)cc1. The van der Waals surface area contributed by atoms with Crippen molar-refractivity contribution in [1.82, 2.24) is 5.32 Å². The molecule has 0 aliphatic rings. The largest absolute Gasteiger partial charge is 0.497 e. The number of carbonyl (C=O) groups is 1. The van der Waals surface area contributed by atoms with Gasteiger partial charge in [-0.1, -0.05) is 19.1 Å². The lowest BCUT2D eigenvalue weighted by molar-refractivity contribution is 0.0935. The van der Waals surface area contributed by atoms with E-state index in [0.29, 0.717) is 17.7 Å². The van der Waals surface area contributed by atoms with Crippen molar-refractivity contribution in [2.45, 2.75) is 24.3 Å². The number of hydrogen-bond acceptors (Lipinski definition) is 4. The van der Waals surface area contributed by atoms with Gasteiger partial charge in [-0.2, -0.15) is 0 Å². The number of amides is 1. The lowest BCUT2D eigenvalue weighted by Gasteiger charge is -2.18. The zero-order valence-electron chi connectivity index (χ0n) is 13.9. The van der Waals surface area contributed by atoms with E-state index in [1.165, 1.54) is 6.26 Å². The standard InChI is InChI=1S/C18H21NO4S/c1-4-17(13-7-11-16(12-8-13)24(3,21)22)19-18(20)14-5-9-15(23-2)10-6-14/h5-12,17H,4H2,1-3H3,(H,19,20)/t17-/m0/s1. The van der Waals surface area contributed by atoms with Crippen LogP contribution in [0.4, 0.5) is 0 Å². The Bertz CT molecular complexity index is 796. The van der Waals surface area contributed by atoms with Crippen LogP contribution in [0.3, 0.4) is 0 Å². The van der Waals surface area contributed by atoms with Crippen LogP contribution in [0.5, 0.6) is 5.75 Å². The van der Waals surface area contributed by atoms with Gasteiger partial charge in [-0.15, -0.1) is 0 Å². The Kier molecular flexibility index (Phi) is 5.62. The minimum atomic E-state index is -3.22. The predicted octanol–water partition coefficient (Wildman–Crippen LogP) is 2.98. The second kappa shape index (κ2) is 7.49.